The van der Waals surface area contributed by atoms with E-state index in [0.29, 0.717) is 11.6 Å². The van der Waals surface area contributed by atoms with Crippen LogP contribution in [0.25, 0.3) is 0 Å². The van der Waals surface area contributed by atoms with Crippen LogP contribution in [0.5, 0.6) is 0 Å². The number of rotatable bonds is 3. The fraction of sp³-hybridized carbons (Fsp3) is 0.789. The zero-order valence-corrected chi connectivity index (χ0v) is 14.2. The Hall–Kier alpha value is -1.32. The third kappa shape index (κ3) is 2.92. The van der Waals surface area contributed by atoms with Gasteiger partial charge in [0.25, 0.3) is 5.91 Å². The lowest BCUT2D eigenvalue weighted by atomic mass is 9.84. The van der Waals surface area contributed by atoms with Crippen LogP contribution in [0.3, 0.4) is 0 Å². The molecule has 23 heavy (non-hydrogen) atoms. The molecule has 4 heteroatoms. The van der Waals surface area contributed by atoms with Gasteiger partial charge in [-0.1, -0.05) is 19.3 Å². The van der Waals surface area contributed by atoms with Gasteiger partial charge in [-0.05, 0) is 69.6 Å². The van der Waals surface area contributed by atoms with Crippen LogP contribution < -0.4 is 5.32 Å². The number of carbonyl (C=O) groups is 1. The van der Waals surface area contributed by atoms with Crippen molar-refractivity contribution in [3.05, 3.63) is 17.0 Å². The van der Waals surface area contributed by atoms with Gasteiger partial charge in [0, 0.05) is 17.3 Å². The monoisotopic (exact) mass is 315 g/mol. The molecule has 3 aliphatic carbocycles. The Labute approximate surface area is 138 Å². The van der Waals surface area contributed by atoms with Gasteiger partial charge in [-0.2, -0.15) is 5.10 Å². The predicted octanol–water partition coefficient (Wildman–Crippen LogP) is 3.62. The van der Waals surface area contributed by atoms with E-state index in [4.69, 9.17) is 0 Å². The maximum absolute atomic E-state index is 12.8. The maximum Gasteiger partial charge on any atom is 0.272 e. The lowest BCUT2D eigenvalue weighted by molar-refractivity contribution is 0.0909. The smallest absolute Gasteiger partial charge is 0.272 e. The molecule has 0 radical (unpaired) electrons. The minimum atomic E-state index is 0.0401. The molecule has 4 nitrogen and oxygen atoms in total. The van der Waals surface area contributed by atoms with Crippen molar-refractivity contribution in [1.82, 2.24) is 15.5 Å². The first-order valence-electron chi connectivity index (χ1n) is 9.59. The Morgan fingerprint density at radius 3 is 2.74 bits per heavy atom. The molecule has 3 aliphatic rings. The molecule has 0 unspecified atom stereocenters. The average Bonchev–Trinajstić information content (AvgIpc) is 3.22. The summed E-state index contributed by atoms with van der Waals surface area (Å²) in [6.45, 7) is 2.19. The van der Waals surface area contributed by atoms with Gasteiger partial charge in [0.2, 0.25) is 0 Å². The number of hydrogen-bond acceptors (Lipinski definition) is 2. The number of carbonyl (C=O) groups excluding carboxylic acids is 1. The molecular weight excluding hydrogens is 286 g/mol. The topological polar surface area (TPSA) is 57.8 Å². The minimum Gasteiger partial charge on any atom is -0.348 e. The number of amides is 1. The molecule has 2 bridgehead atoms. The van der Waals surface area contributed by atoms with Crippen LogP contribution in [-0.4, -0.2) is 22.1 Å². The molecule has 2 fully saturated rings. The van der Waals surface area contributed by atoms with Crippen LogP contribution in [-0.2, 0) is 12.8 Å². The van der Waals surface area contributed by atoms with E-state index < -0.39 is 0 Å². The van der Waals surface area contributed by atoms with Crippen molar-refractivity contribution in [2.75, 3.05) is 0 Å². The van der Waals surface area contributed by atoms with Gasteiger partial charge in [-0.25, -0.2) is 0 Å². The van der Waals surface area contributed by atoms with Crippen LogP contribution in [0, 0.1) is 17.8 Å². The molecule has 0 aliphatic heterocycles. The van der Waals surface area contributed by atoms with E-state index in [1.165, 1.54) is 62.6 Å². The Morgan fingerprint density at radius 1 is 1.17 bits per heavy atom. The van der Waals surface area contributed by atoms with Crippen molar-refractivity contribution in [3.8, 4) is 0 Å². The Bertz CT molecular complexity index is 579. The second-order valence-corrected chi connectivity index (χ2v) is 8.04. The number of hydrogen-bond donors (Lipinski definition) is 2. The Balaban J connectivity index is 1.44. The zero-order valence-electron chi connectivity index (χ0n) is 14.2. The van der Waals surface area contributed by atoms with E-state index in [2.05, 4.69) is 22.4 Å². The van der Waals surface area contributed by atoms with Crippen molar-refractivity contribution in [3.63, 3.8) is 0 Å². The SMILES string of the molecule is C[C@@H](NC(=O)c1n[nH]c2c1CCCCCC2)[C@H]1C[C@H]2CC[C@H]1C2. The molecule has 2 N–H and O–H groups in total. The number of nitrogens with zero attached hydrogens (tertiary/aromatic N) is 1. The van der Waals surface area contributed by atoms with Crippen molar-refractivity contribution in [2.24, 2.45) is 17.8 Å². The summed E-state index contributed by atoms with van der Waals surface area (Å²) >= 11 is 0. The van der Waals surface area contributed by atoms with E-state index in [9.17, 15) is 4.79 Å². The van der Waals surface area contributed by atoms with E-state index in [-0.39, 0.29) is 11.9 Å². The van der Waals surface area contributed by atoms with Gasteiger partial charge < -0.3 is 5.32 Å². The van der Waals surface area contributed by atoms with Crippen LogP contribution in [0.1, 0.15) is 80.0 Å². The second kappa shape index (κ2) is 6.29. The standard InChI is InChI=1S/C19H29N3O/c1-12(16-11-13-8-9-14(16)10-13)20-19(23)18-15-6-4-2-3-5-7-17(15)21-22-18/h12-14,16H,2-11H2,1H3,(H,20,23)(H,21,22)/t12-,13+,14+,16-/m1/s1. The van der Waals surface area contributed by atoms with Gasteiger partial charge in [0.15, 0.2) is 5.69 Å². The fourth-order valence-corrected chi connectivity index (χ4v) is 5.31. The van der Waals surface area contributed by atoms with Crippen molar-refractivity contribution in [1.29, 1.82) is 0 Å². The van der Waals surface area contributed by atoms with E-state index in [1.807, 2.05) is 0 Å². The number of nitrogens with one attached hydrogen (secondary N) is 2. The van der Waals surface area contributed by atoms with Crippen molar-refractivity contribution in [2.45, 2.75) is 77.2 Å². The van der Waals surface area contributed by atoms with E-state index in [1.54, 1.807) is 0 Å². The van der Waals surface area contributed by atoms with Crippen LogP contribution in [0.2, 0.25) is 0 Å². The third-order valence-electron chi connectivity index (χ3n) is 6.57. The summed E-state index contributed by atoms with van der Waals surface area (Å²) in [7, 11) is 0. The highest BCUT2D eigenvalue weighted by molar-refractivity contribution is 5.94. The number of H-pyrrole nitrogens is 1. The summed E-state index contributed by atoms with van der Waals surface area (Å²) in [4.78, 5) is 12.8. The van der Waals surface area contributed by atoms with Crippen LogP contribution in [0.4, 0.5) is 0 Å². The molecule has 4 atom stereocenters. The third-order valence-corrected chi connectivity index (χ3v) is 6.57. The first-order valence-corrected chi connectivity index (χ1v) is 9.59. The summed E-state index contributed by atoms with van der Waals surface area (Å²) in [5, 5.41) is 10.8. The normalized spacial score (nSPS) is 31.3. The van der Waals surface area contributed by atoms with Gasteiger partial charge >= 0.3 is 0 Å². The Kier molecular flexibility index (Phi) is 4.16. The van der Waals surface area contributed by atoms with Crippen LogP contribution >= 0.6 is 0 Å². The predicted molar refractivity (Wildman–Crippen MR) is 90.3 cm³/mol. The summed E-state index contributed by atoms with van der Waals surface area (Å²) in [6.07, 6.45) is 12.5. The largest absolute Gasteiger partial charge is 0.348 e. The molecule has 0 spiro atoms. The second-order valence-electron chi connectivity index (χ2n) is 8.04. The highest BCUT2D eigenvalue weighted by Gasteiger charge is 2.42. The fourth-order valence-electron chi connectivity index (χ4n) is 5.31. The number of fused-ring (bicyclic) bond motifs is 3. The lowest BCUT2D eigenvalue weighted by Crippen LogP contribution is -2.40. The molecule has 1 aromatic rings. The maximum atomic E-state index is 12.8. The first kappa shape index (κ1) is 15.2. The van der Waals surface area contributed by atoms with E-state index >= 15 is 0 Å². The number of aryl methyl sites for hydroxylation is 1. The average molecular weight is 315 g/mol. The molecule has 0 saturated heterocycles. The molecule has 126 valence electrons. The minimum absolute atomic E-state index is 0.0401. The van der Waals surface area contributed by atoms with Crippen LogP contribution in [0.15, 0.2) is 0 Å². The highest BCUT2D eigenvalue weighted by Crippen LogP contribution is 2.49. The molecule has 4 rings (SSSR count). The summed E-state index contributed by atoms with van der Waals surface area (Å²) in [6, 6.07) is 0.277. The lowest BCUT2D eigenvalue weighted by Gasteiger charge is -2.28. The van der Waals surface area contributed by atoms with Gasteiger partial charge in [-0.3, -0.25) is 9.89 Å². The quantitative estimate of drug-likeness (QED) is 0.895. The first-order chi connectivity index (χ1) is 11.2. The number of aromatic amines is 1. The van der Waals surface area contributed by atoms with Crippen molar-refractivity contribution < 1.29 is 4.79 Å². The summed E-state index contributed by atoms with van der Waals surface area (Å²) < 4.78 is 0. The van der Waals surface area contributed by atoms with E-state index in [0.717, 1.165) is 24.7 Å². The van der Waals surface area contributed by atoms with Crippen molar-refractivity contribution >= 4 is 5.91 Å². The summed E-state index contributed by atoms with van der Waals surface area (Å²) in [5.74, 6) is 2.49. The molecule has 2 saturated carbocycles. The zero-order chi connectivity index (χ0) is 15.8. The Morgan fingerprint density at radius 2 is 2.00 bits per heavy atom. The highest BCUT2D eigenvalue weighted by atomic mass is 16.2. The van der Waals surface area contributed by atoms with Gasteiger partial charge in [0.05, 0.1) is 0 Å². The molecular formula is C19H29N3O. The van der Waals surface area contributed by atoms with Gasteiger partial charge in [-0.15, -0.1) is 0 Å². The molecule has 1 aromatic heterocycles. The van der Waals surface area contributed by atoms with Gasteiger partial charge in [0.1, 0.15) is 0 Å². The molecule has 1 amide bonds. The summed E-state index contributed by atoms with van der Waals surface area (Å²) in [5.41, 5.74) is 3.04. The number of aromatic nitrogens is 2. The molecule has 1 heterocycles. The molecule has 0 aromatic carbocycles.